The van der Waals surface area contributed by atoms with Crippen molar-refractivity contribution in [2.75, 3.05) is 0 Å². The number of halogens is 2. The molecular weight excluding hydrogens is 354 g/mol. The molecular formula is C14H18F2N6O2S. The molecule has 0 unspecified atom stereocenters. The van der Waals surface area contributed by atoms with E-state index >= 15 is 0 Å². The average Bonchev–Trinajstić information content (AvgIpc) is 3.12. The van der Waals surface area contributed by atoms with Crippen LogP contribution in [0.15, 0.2) is 18.5 Å². The first-order valence-corrected chi connectivity index (χ1v) is 9.23. The van der Waals surface area contributed by atoms with Crippen molar-refractivity contribution >= 4 is 27.0 Å². The van der Waals surface area contributed by atoms with Crippen LogP contribution in [0.2, 0.25) is 0 Å². The summed E-state index contributed by atoms with van der Waals surface area (Å²) in [6, 6.07) is 1.05. The summed E-state index contributed by atoms with van der Waals surface area (Å²) in [6.45, 7) is 1.84. The molecule has 0 amide bonds. The van der Waals surface area contributed by atoms with Crippen molar-refractivity contribution in [3.05, 3.63) is 23.9 Å². The van der Waals surface area contributed by atoms with E-state index in [4.69, 9.17) is 10.8 Å². The summed E-state index contributed by atoms with van der Waals surface area (Å²) in [5.74, 6) is -3.80. The number of H-pyrrole nitrogens is 1. The Kier molecular flexibility index (Phi) is 4.45. The summed E-state index contributed by atoms with van der Waals surface area (Å²) >= 11 is 0. The van der Waals surface area contributed by atoms with E-state index in [0.29, 0.717) is 17.6 Å². The van der Waals surface area contributed by atoms with E-state index in [-0.39, 0.29) is 29.6 Å². The lowest BCUT2D eigenvalue weighted by molar-refractivity contribution is 0.231. The maximum Gasteiger partial charge on any atom is 0.350 e. The molecule has 0 aliphatic heterocycles. The third-order valence-corrected chi connectivity index (χ3v) is 5.67. The van der Waals surface area contributed by atoms with Crippen LogP contribution in [0.3, 0.4) is 0 Å². The van der Waals surface area contributed by atoms with Gasteiger partial charge >= 0.3 is 5.76 Å². The summed E-state index contributed by atoms with van der Waals surface area (Å²) in [5, 5.41) is 16.5. The minimum absolute atomic E-state index is 0.0286. The monoisotopic (exact) mass is 372 g/mol. The Morgan fingerprint density at radius 3 is 2.88 bits per heavy atom. The Morgan fingerprint density at radius 1 is 1.48 bits per heavy atom. The molecule has 0 saturated heterocycles. The van der Waals surface area contributed by atoms with Crippen molar-refractivity contribution in [3.8, 4) is 0 Å². The third-order valence-electron chi connectivity index (χ3n) is 4.54. The number of hydrogen-bond donors (Lipinski definition) is 4. The highest BCUT2D eigenvalue weighted by Crippen LogP contribution is 2.33. The molecule has 1 fully saturated rings. The number of nitrogens with zero attached hydrogens (tertiary/aromatic N) is 2. The van der Waals surface area contributed by atoms with Gasteiger partial charge in [-0.2, -0.15) is 8.78 Å². The average molecular weight is 372 g/mol. The van der Waals surface area contributed by atoms with Crippen LogP contribution in [0, 0.1) is 22.7 Å². The van der Waals surface area contributed by atoms with Crippen molar-refractivity contribution in [1.29, 1.82) is 10.8 Å². The van der Waals surface area contributed by atoms with Gasteiger partial charge in [0.1, 0.15) is 11.3 Å². The van der Waals surface area contributed by atoms with Crippen molar-refractivity contribution in [1.82, 2.24) is 19.3 Å². The Morgan fingerprint density at radius 2 is 2.20 bits per heavy atom. The highest BCUT2D eigenvalue weighted by Gasteiger charge is 2.38. The van der Waals surface area contributed by atoms with Gasteiger partial charge in [-0.15, -0.1) is 0 Å². The Bertz CT molecular complexity index is 967. The van der Waals surface area contributed by atoms with E-state index < -0.39 is 21.8 Å². The number of nitrogens with one attached hydrogen (secondary N) is 4. The normalized spacial score (nSPS) is 24.2. The van der Waals surface area contributed by atoms with Gasteiger partial charge in [0.05, 0.1) is 11.7 Å². The maximum atomic E-state index is 12.5. The summed E-state index contributed by atoms with van der Waals surface area (Å²) in [6.07, 6.45) is 3.56. The standard InChI is InChI=1S/C14H18F2N6O2S/c1-7-4-8(21-25(23,24)14(15)16)5-9(7)12(18)22-10-2-3-19-13(10)20-6-11(22)17/h2-3,6-9,14,17-19,21H,4-5H2,1H3/t7-,8+,9+/m1/s1. The molecule has 1 aliphatic carbocycles. The van der Waals surface area contributed by atoms with Gasteiger partial charge in [-0.3, -0.25) is 15.4 Å². The van der Waals surface area contributed by atoms with Crippen molar-refractivity contribution in [2.24, 2.45) is 11.8 Å². The van der Waals surface area contributed by atoms with Crippen molar-refractivity contribution in [3.63, 3.8) is 0 Å². The fourth-order valence-corrected chi connectivity index (χ4v) is 4.14. The van der Waals surface area contributed by atoms with Gasteiger partial charge in [-0.25, -0.2) is 18.1 Å². The quantitative estimate of drug-likeness (QED) is 0.476. The molecule has 4 N–H and O–H groups in total. The molecule has 0 bridgehead atoms. The lowest BCUT2D eigenvalue weighted by Crippen LogP contribution is -2.37. The molecule has 0 radical (unpaired) electrons. The number of aromatic nitrogens is 3. The molecule has 136 valence electrons. The lowest BCUT2D eigenvalue weighted by atomic mass is 9.96. The van der Waals surface area contributed by atoms with Crippen molar-refractivity contribution < 1.29 is 17.2 Å². The molecule has 3 atom stereocenters. The first-order chi connectivity index (χ1) is 11.7. The second kappa shape index (κ2) is 6.30. The van der Waals surface area contributed by atoms with Gasteiger partial charge in [0, 0.05) is 18.2 Å². The first kappa shape index (κ1) is 17.7. The number of hydrogen-bond acceptors (Lipinski definition) is 5. The van der Waals surface area contributed by atoms with Crippen LogP contribution in [0.25, 0.3) is 11.2 Å². The molecule has 2 aromatic heterocycles. The first-order valence-electron chi connectivity index (χ1n) is 7.68. The summed E-state index contributed by atoms with van der Waals surface area (Å²) in [4.78, 5) is 6.99. The van der Waals surface area contributed by atoms with E-state index in [2.05, 4.69) is 9.97 Å². The fourth-order valence-electron chi connectivity index (χ4n) is 3.38. The number of aromatic amines is 1. The Balaban J connectivity index is 1.87. The van der Waals surface area contributed by atoms with Gasteiger partial charge < -0.3 is 4.98 Å². The summed E-state index contributed by atoms with van der Waals surface area (Å²) < 4.78 is 51.3. The number of alkyl halides is 2. The molecule has 3 rings (SSSR count). The van der Waals surface area contributed by atoms with Crippen LogP contribution in [0.5, 0.6) is 0 Å². The highest BCUT2D eigenvalue weighted by atomic mass is 32.2. The molecule has 2 heterocycles. The fraction of sp³-hybridized carbons (Fsp3) is 0.500. The van der Waals surface area contributed by atoms with Crippen LogP contribution in [0.1, 0.15) is 19.8 Å². The molecule has 25 heavy (non-hydrogen) atoms. The van der Waals surface area contributed by atoms with Gasteiger partial charge in [-0.1, -0.05) is 6.92 Å². The number of rotatable bonds is 4. The molecule has 11 heteroatoms. The van der Waals surface area contributed by atoms with E-state index in [1.807, 2.05) is 11.6 Å². The van der Waals surface area contributed by atoms with E-state index in [9.17, 15) is 17.2 Å². The van der Waals surface area contributed by atoms with Crippen LogP contribution in [-0.2, 0) is 10.0 Å². The van der Waals surface area contributed by atoms with Crippen LogP contribution in [-0.4, -0.2) is 40.6 Å². The topological polar surface area (TPSA) is 127 Å². The highest BCUT2D eigenvalue weighted by molar-refractivity contribution is 7.89. The van der Waals surface area contributed by atoms with Crippen LogP contribution < -0.4 is 10.2 Å². The van der Waals surface area contributed by atoms with Gasteiger partial charge in [0.15, 0.2) is 5.65 Å². The third kappa shape index (κ3) is 3.21. The summed E-state index contributed by atoms with van der Waals surface area (Å²) in [5.41, 5.74) is 1.13. The zero-order valence-electron chi connectivity index (χ0n) is 13.3. The predicted molar refractivity (Wildman–Crippen MR) is 86.8 cm³/mol. The van der Waals surface area contributed by atoms with E-state index in [0.717, 1.165) is 0 Å². The zero-order valence-corrected chi connectivity index (χ0v) is 14.1. The van der Waals surface area contributed by atoms with Crippen LogP contribution in [0.4, 0.5) is 8.78 Å². The van der Waals surface area contributed by atoms with Gasteiger partial charge in [0.25, 0.3) is 10.0 Å². The zero-order chi connectivity index (χ0) is 18.4. The van der Waals surface area contributed by atoms with Crippen molar-refractivity contribution in [2.45, 2.75) is 31.6 Å². The number of fused-ring (bicyclic) bond motifs is 1. The minimum Gasteiger partial charge on any atom is -0.345 e. The second-order valence-electron chi connectivity index (χ2n) is 6.25. The largest absolute Gasteiger partial charge is 0.350 e. The lowest BCUT2D eigenvalue weighted by Gasteiger charge is -2.19. The molecule has 0 aromatic carbocycles. The van der Waals surface area contributed by atoms with E-state index in [1.165, 1.54) is 10.8 Å². The molecule has 0 spiro atoms. The Hall–Kier alpha value is -2.14. The Labute approximate surface area is 142 Å². The predicted octanol–water partition coefficient (Wildman–Crippen LogP) is 1.23. The molecule has 8 nitrogen and oxygen atoms in total. The molecule has 2 aromatic rings. The van der Waals surface area contributed by atoms with Gasteiger partial charge in [-0.05, 0) is 24.8 Å². The second-order valence-corrected chi connectivity index (χ2v) is 7.93. The SMILES string of the molecule is C[C@@H]1C[C@H](NS(=O)(=O)C(F)F)C[C@@H]1C(=N)n1c(=N)cnc2[nH]ccc21. The molecule has 1 saturated carbocycles. The van der Waals surface area contributed by atoms with Gasteiger partial charge in [0.2, 0.25) is 0 Å². The molecule has 1 aliphatic rings. The smallest absolute Gasteiger partial charge is 0.345 e. The maximum absolute atomic E-state index is 12.5. The number of sulfonamides is 1. The van der Waals surface area contributed by atoms with Crippen LogP contribution >= 0.6 is 0 Å². The summed E-state index contributed by atoms with van der Waals surface area (Å²) in [7, 11) is -4.67. The van der Waals surface area contributed by atoms with E-state index in [1.54, 1.807) is 12.3 Å². The minimum atomic E-state index is -4.67.